The van der Waals surface area contributed by atoms with Gasteiger partial charge in [-0.15, -0.1) is 0 Å². The Hall–Kier alpha value is -1.35. The monoisotopic (exact) mass is 232 g/mol. The zero-order valence-corrected chi connectivity index (χ0v) is 10.4. The van der Waals surface area contributed by atoms with E-state index in [1.54, 1.807) is 0 Å². The quantitative estimate of drug-likeness (QED) is 0.852. The van der Waals surface area contributed by atoms with Gasteiger partial charge in [0.05, 0.1) is 0 Å². The summed E-state index contributed by atoms with van der Waals surface area (Å²) in [5, 5.41) is 3.29. The predicted molar refractivity (Wildman–Crippen MR) is 68.8 cm³/mol. The van der Waals surface area contributed by atoms with Gasteiger partial charge in [0.1, 0.15) is 0 Å². The number of hydrogen-bond acceptors (Lipinski definition) is 2. The molecule has 1 unspecified atom stereocenters. The van der Waals surface area contributed by atoms with Crippen LogP contribution >= 0.6 is 0 Å². The first-order valence-electron chi connectivity index (χ1n) is 6.27. The zero-order chi connectivity index (χ0) is 12.1. The maximum absolute atomic E-state index is 12.0. The standard InChI is InChI=1S/C14H20N2O/c1-16(13-9-10-15-11-13)14(17)8-7-12-5-3-2-4-6-12/h2-6,13,15H,7-11H2,1H3. The highest BCUT2D eigenvalue weighted by Crippen LogP contribution is 2.10. The molecule has 1 saturated heterocycles. The van der Waals surface area contributed by atoms with Crippen LogP contribution in [0.4, 0.5) is 0 Å². The highest BCUT2D eigenvalue weighted by Gasteiger charge is 2.22. The molecule has 92 valence electrons. The van der Waals surface area contributed by atoms with Crippen molar-refractivity contribution >= 4 is 5.91 Å². The minimum Gasteiger partial charge on any atom is -0.341 e. The molecule has 0 spiro atoms. The number of aryl methyl sites for hydroxylation is 1. The first-order chi connectivity index (χ1) is 8.27. The maximum Gasteiger partial charge on any atom is 0.222 e. The molecule has 1 aliphatic rings. The van der Waals surface area contributed by atoms with Crippen LogP contribution in [0.1, 0.15) is 18.4 Å². The van der Waals surface area contributed by atoms with Gasteiger partial charge in [0.15, 0.2) is 0 Å². The average molecular weight is 232 g/mol. The summed E-state index contributed by atoms with van der Waals surface area (Å²) in [6.07, 6.45) is 2.52. The maximum atomic E-state index is 12.0. The molecule has 1 aliphatic heterocycles. The average Bonchev–Trinajstić information content (AvgIpc) is 2.90. The molecule has 1 fully saturated rings. The van der Waals surface area contributed by atoms with Gasteiger partial charge in [0.25, 0.3) is 0 Å². The molecule has 17 heavy (non-hydrogen) atoms. The van der Waals surface area contributed by atoms with Crippen molar-refractivity contribution in [2.45, 2.75) is 25.3 Å². The molecular formula is C14H20N2O. The van der Waals surface area contributed by atoms with Crippen LogP contribution in [-0.4, -0.2) is 37.0 Å². The number of hydrogen-bond donors (Lipinski definition) is 1. The van der Waals surface area contributed by atoms with Gasteiger partial charge in [-0.2, -0.15) is 0 Å². The number of nitrogens with zero attached hydrogens (tertiary/aromatic N) is 1. The third kappa shape index (κ3) is 3.30. The third-order valence-electron chi connectivity index (χ3n) is 3.45. The van der Waals surface area contributed by atoms with E-state index in [-0.39, 0.29) is 5.91 Å². The number of carbonyl (C=O) groups is 1. The van der Waals surface area contributed by atoms with Crippen LogP contribution < -0.4 is 5.32 Å². The van der Waals surface area contributed by atoms with E-state index in [2.05, 4.69) is 17.4 Å². The van der Waals surface area contributed by atoms with Crippen molar-refractivity contribution in [1.29, 1.82) is 0 Å². The number of nitrogens with one attached hydrogen (secondary N) is 1. The summed E-state index contributed by atoms with van der Waals surface area (Å²) < 4.78 is 0. The largest absolute Gasteiger partial charge is 0.341 e. The van der Waals surface area contributed by atoms with E-state index in [0.29, 0.717) is 12.5 Å². The smallest absolute Gasteiger partial charge is 0.222 e. The fourth-order valence-corrected chi connectivity index (χ4v) is 2.25. The van der Waals surface area contributed by atoms with Gasteiger partial charge < -0.3 is 10.2 Å². The van der Waals surface area contributed by atoms with Gasteiger partial charge in [-0.25, -0.2) is 0 Å². The van der Waals surface area contributed by atoms with Crippen molar-refractivity contribution in [3.05, 3.63) is 35.9 Å². The lowest BCUT2D eigenvalue weighted by Crippen LogP contribution is -2.38. The molecule has 1 amide bonds. The van der Waals surface area contributed by atoms with E-state index in [0.717, 1.165) is 25.9 Å². The van der Waals surface area contributed by atoms with Crippen LogP contribution in [0.5, 0.6) is 0 Å². The van der Waals surface area contributed by atoms with E-state index in [4.69, 9.17) is 0 Å². The van der Waals surface area contributed by atoms with Crippen LogP contribution in [0, 0.1) is 0 Å². The van der Waals surface area contributed by atoms with Gasteiger partial charge in [-0.1, -0.05) is 30.3 Å². The van der Waals surface area contributed by atoms with E-state index in [1.807, 2.05) is 30.1 Å². The predicted octanol–water partition coefficient (Wildman–Crippen LogP) is 1.44. The van der Waals surface area contributed by atoms with Gasteiger partial charge >= 0.3 is 0 Å². The minimum absolute atomic E-state index is 0.252. The molecule has 0 aromatic heterocycles. The zero-order valence-electron chi connectivity index (χ0n) is 10.4. The van der Waals surface area contributed by atoms with Crippen LogP contribution in [0.2, 0.25) is 0 Å². The lowest BCUT2D eigenvalue weighted by molar-refractivity contribution is -0.131. The van der Waals surface area contributed by atoms with Crippen molar-refractivity contribution in [2.75, 3.05) is 20.1 Å². The second-order valence-corrected chi connectivity index (χ2v) is 4.64. The Morgan fingerprint density at radius 2 is 2.18 bits per heavy atom. The van der Waals surface area contributed by atoms with Crippen LogP contribution in [0.3, 0.4) is 0 Å². The molecule has 2 rings (SSSR count). The number of carbonyl (C=O) groups excluding carboxylic acids is 1. The molecular weight excluding hydrogens is 212 g/mol. The summed E-state index contributed by atoms with van der Waals surface area (Å²) in [7, 11) is 1.92. The number of amides is 1. The van der Waals surface area contributed by atoms with E-state index in [1.165, 1.54) is 5.56 Å². The highest BCUT2D eigenvalue weighted by atomic mass is 16.2. The summed E-state index contributed by atoms with van der Waals surface area (Å²) in [5.74, 6) is 0.252. The van der Waals surface area contributed by atoms with Crippen molar-refractivity contribution in [3.8, 4) is 0 Å². The second-order valence-electron chi connectivity index (χ2n) is 4.64. The highest BCUT2D eigenvalue weighted by molar-refractivity contribution is 5.76. The van der Waals surface area contributed by atoms with Gasteiger partial charge in [-0.05, 0) is 24.9 Å². The Labute approximate surface area is 103 Å². The topological polar surface area (TPSA) is 32.3 Å². The van der Waals surface area contributed by atoms with E-state index >= 15 is 0 Å². The molecule has 0 saturated carbocycles. The number of rotatable bonds is 4. The Morgan fingerprint density at radius 1 is 1.41 bits per heavy atom. The first-order valence-corrected chi connectivity index (χ1v) is 6.27. The van der Waals surface area contributed by atoms with Gasteiger partial charge in [0, 0.05) is 26.1 Å². The molecule has 1 aromatic rings. The van der Waals surface area contributed by atoms with E-state index in [9.17, 15) is 4.79 Å². The summed E-state index contributed by atoms with van der Waals surface area (Å²) in [4.78, 5) is 13.9. The Morgan fingerprint density at radius 3 is 2.82 bits per heavy atom. The third-order valence-corrected chi connectivity index (χ3v) is 3.45. The number of likely N-dealkylation sites (N-methyl/N-ethyl adjacent to an activating group) is 1. The molecule has 0 aliphatic carbocycles. The molecule has 1 atom stereocenters. The van der Waals surface area contributed by atoms with Crippen LogP contribution in [0.15, 0.2) is 30.3 Å². The normalized spacial score (nSPS) is 19.2. The fraction of sp³-hybridized carbons (Fsp3) is 0.500. The summed E-state index contributed by atoms with van der Waals surface area (Å²) >= 11 is 0. The van der Waals surface area contributed by atoms with Crippen LogP contribution in [0.25, 0.3) is 0 Å². The molecule has 1 aromatic carbocycles. The second kappa shape index (κ2) is 5.82. The molecule has 0 bridgehead atoms. The van der Waals surface area contributed by atoms with Crippen molar-refractivity contribution < 1.29 is 4.79 Å². The van der Waals surface area contributed by atoms with Crippen LogP contribution in [-0.2, 0) is 11.2 Å². The fourth-order valence-electron chi connectivity index (χ4n) is 2.25. The SMILES string of the molecule is CN(C(=O)CCc1ccccc1)C1CCNC1. The summed E-state index contributed by atoms with van der Waals surface area (Å²) in [6, 6.07) is 10.6. The molecule has 3 nitrogen and oxygen atoms in total. The Kier molecular flexibility index (Phi) is 4.15. The molecule has 1 N–H and O–H groups in total. The first kappa shape index (κ1) is 12.1. The van der Waals surface area contributed by atoms with E-state index < -0.39 is 0 Å². The molecule has 3 heteroatoms. The van der Waals surface area contributed by atoms with Crippen molar-refractivity contribution in [3.63, 3.8) is 0 Å². The summed E-state index contributed by atoms with van der Waals surface area (Å²) in [5.41, 5.74) is 1.23. The summed E-state index contributed by atoms with van der Waals surface area (Å²) in [6.45, 7) is 1.97. The molecule has 0 radical (unpaired) electrons. The lowest BCUT2D eigenvalue weighted by Gasteiger charge is -2.23. The Balaban J connectivity index is 1.80. The lowest BCUT2D eigenvalue weighted by atomic mass is 10.1. The van der Waals surface area contributed by atoms with Crippen molar-refractivity contribution in [2.24, 2.45) is 0 Å². The molecule has 1 heterocycles. The van der Waals surface area contributed by atoms with Crippen molar-refractivity contribution in [1.82, 2.24) is 10.2 Å². The van der Waals surface area contributed by atoms with Gasteiger partial charge in [0.2, 0.25) is 5.91 Å². The van der Waals surface area contributed by atoms with Gasteiger partial charge in [-0.3, -0.25) is 4.79 Å². The minimum atomic E-state index is 0.252. The Bertz CT molecular complexity index is 358. The number of benzene rings is 1.